The van der Waals surface area contributed by atoms with Crippen LogP contribution < -0.4 is 4.90 Å². The van der Waals surface area contributed by atoms with Gasteiger partial charge in [-0.15, -0.1) is 0 Å². The Morgan fingerprint density at radius 2 is 2.25 bits per heavy atom. The molecule has 0 radical (unpaired) electrons. The van der Waals surface area contributed by atoms with E-state index >= 15 is 0 Å². The lowest BCUT2D eigenvalue weighted by Gasteiger charge is -2.38. The van der Waals surface area contributed by atoms with Crippen molar-refractivity contribution < 1.29 is 9.53 Å². The van der Waals surface area contributed by atoms with Crippen molar-refractivity contribution in [1.82, 2.24) is 9.88 Å². The number of amides is 1. The number of pyridine rings is 1. The molecular formula is C18H26N4O2. The molecule has 0 spiro atoms. The summed E-state index contributed by atoms with van der Waals surface area (Å²) in [5, 5.41) is 9.24. The fraction of sp³-hybridized carbons (Fsp3) is 0.611. The van der Waals surface area contributed by atoms with E-state index in [9.17, 15) is 10.1 Å². The van der Waals surface area contributed by atoms with Gasteiger partial charge in [0.25, 0.3) is 0 Å². The standard InChI is InChI=1S/C18H26N4O2/c1-18(2,3)24-17(23)22-11-6-5-9-15(22)13-21(4)16-14(12-19)8-7-10-20-16/h7-8,10,15H,5-6,9,11,13H2,1-4H3/t15-/m0/s1. The summed E-state index contributed by atoms with van der Waals surface area (Å²) in [7, 11) is 1.91. The maximum Gasteiger partial charge on any atom is 0.410 e. The molecule has 1 aliphatic heterocycles. The number of ether oxygens (including phenoxy) is 1. The predicted octanol–water partition coefficient (Wildman–Crippen LogP) is 3.18. The van der Waals surface area contributed by atoms with Crippen LogP contribution >= 0.6 is 0 Å². The van der Waals surface area contributed by atoms with Crippen LogP contribution in [0.15, 0.2) is 18.3 Å². The number of hydrogen-bond acceptors (Lipinski definition) is 5. The van der Waals surface area contributed by atoms with E-state index in [-0.39, 0.29) is 12.1 Å². The molecule has 6 heteroatoms. The van der Waals surface area contributed by atoms with Crippen molar-refractivity contribution >= 4 is 11.9 Å². The van der Waals surface area contributed by atoms with Gasteiger partial charge in [-0.1, -0.05) is 0 Å². The fourth-order valence-electron chi connectivity index (χ4n) is 2.94. The summed E-state index contributed by atoms with van der Waals surface area (Å²) in [6.45, 7) is 6.97. The van der Waals surface area contributed by atoms with Gasteiger partial charge in [0.15, 0.2) is 0 Å². The highest BCUT2D eigenvalue weighted by atomic mass is 16.6. The Bertz CT molecular complexity index is 618. The van der Waals surface area contributed by atoms with E-state index in [2.05, 4.69) is 11.1 Å². The number of rotatable bonds is 3. The molecule has 0 bridgehead atoms. The molecule has 1 aromatic heterocycles. The van der Waals surface area contributed by atoms with E-state index in [4.69, 9.17) is 4.74 Å². The lowest BCUT2D eigenvalue weighted by Crippen LogP contribution is -2.50. The van der Waals surface area contributed by atoms with Gasteiger partial charge in [-0.3, -0.25) is 0 Å². The van der Waals surface area contributed by atoms with Gasteiger partial charge in [0.2, 0.25) is 0 Å². The molecule has 2 heterocycles. The number of anilines is 1. The van der Waals surface area contributed by atoms with Gasteiger partial charge in [0.05, 0.1) is 11.6 Å². The zero-order valence-electron chi connectivity index (χ0n) is 15.0. The van der Waals surface area contributed by atoms with Crippen LogP contribution in [-0.2, 0) is 4.74 Å². The maximum atomic E-state index is 12.5. The third kappa shape index (κ3) is 4.60. The molecular weight excluding hydrogens is 304 g/mol. The number of aromatic nitrogens is 1. The minimum absolute atomic E-state index is 0.0622. The molecule has 0 saturated carbocycles. The first-order valence-electron chi connectivity index (χ1n) is 8.37. The average Bonchev–Trinajstić information content (AvgIpc) is 2.53. The molecule has 1 atom stereocenters. The SMILES string of the molecule is CN(C[C@@H]1CCCCN1C(=O)OC(C)(C)C)c1ncccc1C#N. The third-order valence-corrected chi connectivity index (χ3v) is 4.01. The van der Waals surface area contributed by atoms with E-state index in [1.807, 2.05) is 37.6 Å². The Balaban J connectivity index is 2.11. The predicted molar refractivity (Wildman–Crippen MR) is 92.8 cm³/mol. The zero-order chi connectivity index (χ0) is 17.7. The van der Waals surface area contributed by atoms with Crippen molar-refractivity contribution in [3.8, 4) is 6.07 Å². The van der Waals surface area contributed by atoms with Crippen molar-refractivity contribution in [2.24, 2.45) is 0 Å². The summed E-state index contributed by atoms with van der Waals surface area (Å²) in [5.74, 6) is 0.648. The second-order valence-electron chi connectivity index (χ2n) is 7.19. The summed E-state index contributed by atoms with van der Waals surface area (Å²) in [5.41, 5.74) is 0.0413. The number of carbonyl (C=O) groups excluding carboxylic acids is 1. The summed E-state index contributed by atoms with van der Waals surface area (Å²) in [6, 6.07) is 5.74. The van der Waals surface area contributed by atoms with Gasteiger partial charge in [-0.25, -0.2) is 9.78 Å². The molecule has 1 amide bonds. The fourth-order valence-corrected chi connectivity index (χ4v) is 2.94. The van der Waals surface area contributed by atoms with Crippen LogP contribution in [0.3, 0.4) is 0 Å². The highest BCUT2D eigenvalue weighted by molar-refractivity contribution is 5.69. The molecule has 0 aliphatic carbocycles. The normalized spacial score (nSPS) is 18.0. The first kappa shape index (κ1) is 18.1. The quantitative estimate of drug-likeness (QED) is 0.851. The number of likely N-dealkylation sites (tertiary alicyclic amines) is 1. The Kier molecular flexibility index (Phi) is 5.66. The van der Waals surface area contributed by atoms with Gasteiger partial charge in [-0.05, 0) is 52.2 Å². The van der Waals surface area contributed by atoms with Crippen LogP contribution in [0.4, 0.5) is 10.6 Å². The zero-order valence-corrected chi connectivity index (χ0v) is 15.0. The van der Waals surface area contributed by atoms with Gasteiger partial charge < -0.3 is 14.5 Å². The Morgan fingerprint density at radius 3 is 2.92 bits per heavy atom. The van der Waals surface area contributed by atoms with Crippen LogP contribution in [0.1, 0.15) is 45.6 Å². The molecule has 0 N–H and O–H groups in total. The minimum atomic E-state index is -0.500. The van der Waals surface area contributed by atoms with Crippen LogP contribution in [0.25, 0.3) is 0 Å². The minimum Gasteiger partial charge on any atom is -0.444 e. The molecule has 1 fully saturated rings. The Hall–Kier alpha value is -2.29. The largest absolute Gasteiger partial charge is 0.444 e. The number of nitrogens with zero attached hydrogens (tertiary/aromatic N) is 4. The lowest BCUT2D eigenvalue weighted by molar-refractivity contribution is 0.0108. The molecule has 130 valence electrons. The van der Waals surface area contributed by atoms with Crippen molar-refractivity contribution in [1.29, 1.82) is 5.26 Å². The van der Waals surface area contributed by atoms with Gasteiger partial charge in [-0.2, -0.15) is 5.26 Å². The molecule has 24 heavy (non-hydrogen) atoms. The van der Waals surface area contributed by atoms with Crippen molar-refractivity contribution in [2.75, 3.05) is 25.0 Å². The molecule has 1 saturated heterocycles. The Labute approximate surface area is 144 Å². The molecule has 1 aromatic rings. The summed E-state index contributed by atoms with van der Waals surface area (Å²) in [6.07, 6.45) is 4.43. The van der Waals surface area contributed by atoms with E-state index in [1.54, 1.807) is 18.3 Å². The molecule has 0 unspecified atom stereocenters. The molecule has 0 aromatic carbocycles. The van der Waals surface area contributed by atoms with Crippen molar-refractivity contribution in [2.45, 2.75) is 51.7 Å². The highest BCUT2D eigenvalue weighted by Crippen LogP contribution is 2.23. The van der Waals surface area contributed by atoms with E-state index < -0.39 is 5.60 Å². The summed E-state index contributed by atoms with van der Waals surface area (Å²) in [4.78, 5) is 20.6. The first-order valence-corrected chi connectivity index (χ1v) is 8.37. The van der Waals surface area contributed by atoms with Crippen LogP contribution in [-0.4, -0.2) is 47.8 Å². The van der Waals surface area contributed by atoms with Crippen LogP contribution in [0.2, 0.25) is 0 Å². The average molecular weight is 330 g/mol. The smallest absolute Gasteiger partial charge is 0.410 e. The number of carbonyl (C=O) groups is 1. The van der Waals surface area contributed by atoms with E-state index in [0.29, 0.717) is 24.5 Å². The lowest BCUT2D eigenvalue weighted by atomic mass is 10.0. The number of likely N-dealkylation sites (N-methyl/N-ethyl adjacent to an activating group) is 1. The van der Waals surface area contributed by atoms with E-state index in [1.165, 1.54) is 0 Å². The summed E-state index contributed by atoms with van der Waals surface area (Å²) < 4.78 is 5.54. The second-order valence-corrected chi connectivity index (χ2v) is 7.19. The molecule has 6 nitrogen and oxygen atoms in total. The van der Waals surface area contributed by atoms with Crippen LogP contribution in [0, 0.1) is 11.3 Å². The van der Waals surface area contributed by atoms with Gasteiger partial charge in [0, 0.05) is 26.3 Å². The van der Waals surface area contributed by atoms with Crippen molar-refractivity contribution in [3.05, 3.63) is 23.9 Å². The number of hydrogen-bond donors (Lipinski definition) is 0. The van der Waals surface area contributed by atoms with Gasteiger partial charge in [0.1, 0.15) is 17.5 Å². The number of piperidine rings is 1. The topological polar surface area (TPSA) is 69.5 Å². The molecule has 1 aliphatic rings. The monoisotopic (exact) mass is 330 g/mol. The van der Waals surface area contributed by atoms with E-state index in [0.717, 1.165) is 19.3 Å². The third-order valence-electron chi connectivity index (χ3n) is 4.01. The van der Waals surface area contributed by atoms with Crippen molar-refractivity contribution in [3.63, 3.8) is 0 Å². The second kappa shape index (κ2) is 7.52. The first-order chi connectivity index (χ1) is 11.3. The maximum absolute atomic E-state index is 12.5. The summed E-state index contributed by atoms with van der Waals surface area (Å²) >= 11 is 0. The highest BCUT2D eigenvalue weighted by Gasteiger charge is 2.31. The number of nitriles is 1. The van der Waals surface area contributed by atoms with Gasteiger partial charge >= 0.3 is 6.09 Å². The van der Waals surface area contributed by atoms with Crippen LogP contribution in [0.5, 0.6) is 0 Å². The Morgan fingerprint density at radius 1 is 1.50 bits per heavy atom. The molecule has 2 rings (SSSR count).